The van der Waals surface area contributed by atoms with Crippen molar-refractivity contribution in [3.63, 3.8) is 0 Å². The van der Waals surface area contributed by atoms with E-state index >= 15 is 0 Å². The Morgan fingerprint density at radius 1 is 1.20 bits per heavy atom. The van der Waals surface area contributed by atoms with E-state index in [1.807, 2.05) is 0 Å². The van der Waals surface area contributed by atoms with Gasteiger partial charge in [0.05, 0.1) is 0 Å². The van der Waals surface area contributed by atoms with Gasteiger partial charge < -0.3 is 9.73 Å². The van der Waals surface area contributed by atoms with Crippen molar-refractivity contribution in [2.24, 2.45) is 17.8 Å². The van der Waals surface area contributed by atoms with Crippen molar-refractivity contribution >= 4 is 0 Å². The highest BCUT2D eigenvalue weighted by Gasteiger charge is 2.32. The molecule has 114 valence electrons. The van der Waals surface area contributed by atoms with E-state index in [0.717, 1.165) is 35.8 Å². The summed E-state index contributed by atoms with van der Waals surface area (Å²) in [6.45, 7) is 12.3. The zero-order valence-electron chi connectivity index (χ0n) is 13.8. The first-order valence-electron chi connectivity index (χ1n) is 8.31. The normalized spacial score (nSPS) is 28.6. The third-order valence-electron chi connectivity index (χ3n) is 4.72. The minimum atomic E-state index is 0.470. The zero-order valence-corrected chi connectivity index (χ0v) is 13.8. The molecule has 1 heterocycles. The molecule has 20 heavy (non-hydrogen) atoms. The molecule has 1 aromatic rings. The number of hydrogen-bond donors (Lipinski definition) is 1. The Kier molecular flexibility index (Phi) is 5.31. The second-order valence-electron chi connectivity index (χ2n) is 6.98. The fraction of sp³-hybridized carbons (Fsp3) is 0.778. The molecule has 2 heteroatoms. The van der Waals surface area contributed by atoms with E-state index in [1.54, 1.807) is 0 Å². The second-order valence-corrected chi connectivity index (χ2v) is 6.98. The van der Waals surface area contributed by atoms with E-state index in [4.69, 9.17) is 4.42 Å². The molecule has 0 aromatic carbocycles. The van der Waals surface area contributed by atoms with E-state index in [1.165, 1.54) is 31.2 Å². The lowest BCUT2D eigenvalue weighted by atomic mass is 9.72. The van der Waals surface area contributed by atoms with Gasteiger partial charge in [-0.25, -0.2) is 0 Å². The van der Waals surface area contributed by atoms with Crippen LogP contribution < -0.4 is 5.32 Å². The quantitative estimate of drug-likeness (QED) is 0.818. The fourth-order valence-corrected chi connectivity index (χ4v) is 4.07. The topological polar surface area (TPSA) is 25.2 Å². The largest absolute Gasteiger partial charge is 0.466 e. The second kappa shape index (κ2) is 6.80. The average Bonchev–Trinajstić information content (AvgIpc) is 2.68. The lowest BCUT2D eigenvalue weighted by Crippen LogP contribution is -2.33. The lowest BCUT2D eigenvalue weighted by molar-refractivity contribution is 0.175. The summed E-state index contributed by atoms with van der Waals surface area (Å²) >= 11 is 0. The highest BCUT2D eigenvalue weighted by molar-refractivity contribution is 5.25. The molecule has 1 aliphatic carbocycles. The summed E-state index contributed by atoms with van der Waals surface area (Å²) in [6.07, 6.45) is 5.26. The van der Waals surface area contributed by atoms with E-state index < -0.39 is 0 Å². The van der Waals surface area contributed by atoms with Crippen LogP contribution in [-0.4, -0.2) is 6.54 Å². The lowest BCUT2D eigenvalue weighted by Gasteiger charge is -2.37. The van der Waals surface area contributed by atoms with Crippen LogP contribution in [0.15, 0.2) is 10.5 Å². The van der Waals surface area contributed by atoms with Crippen molar-refractivity contribution < 1.29 is 4.42 Å². The summed E-state index contributed by atoms with van der Waals surface area (Å²) in [5.74, 6) is 4.58. The van der Waals surface area contributed by atoms with Gasteiger partial charge >= 0.3 is 0 Å². The van der Waals surface area contributed by atoms with Gasteiger partial charge in [-0.3, -0.25) is 0 Å². The maximum absolute atomic E-state index is 5.78. The Hall–Kier alpha value is -0.760. The third-order valence-corrected chi connectivity index (χ3v) is 4.72. The van der Waals surface area contributed by atoms with Gasteiger partial charge in [0.1, 0.15) is 11.5 Å². The van der Waals surface area contributed by atoms with E-state index in [9.17, 15) is 0 Å². The van der Waals surface area contributed by atoms with Gasteiger partial charge in [0, 0.05) is 11.6 Å². The summed E-state index contributed by atoms with van der Waals surface area (Å²) in [7, 11) is 0. The summed E-state index contributed by atoms with van der Waals surface area (Å²) in [5, 5.41) is 3.79. The van der Waals surface area contributed by atoms with Crippen molar-refractivity contribution in [2.75, 3.05) is 6.54 Å². The maximum Gasteiger partial charge on any atom is 0.105 e. The Bertz CT molecular complexity index is 413. The standard InChI is InChI=1S/C18H31NO/c1-6-7-19-18(17-11-14(4)20-15(17)5)16-9-12(2)8-13(3)10-16/h11-13,16,18-19H,6-10H2,1-5H3. The molecular formula is C18H31NO. The van der Waals surface area contributed by atoms with Crippen LogP contribution in [0.5, 0.6) is 0 Å². The summed E-state index contributed by atoms with van der Waals surface area (Å²) in [6, 6.07) is 2.71. The molecule has 1 saturated carbocycles. The molecule has 0 amide bonds. The molecule has 3 unspecified atom stereocenters. The van der Waals surface area contributed by atoms with Crippen LogP contribution in [0.4, 0.5) is 0 Å². The Balaban J connectivity index is 2.20. The Morgan fingerprint density at radius 2 is 1.85 bits per heavy atom. The van der Waals surface area contributed by atoms with Crippen LogP contribution in [0.25, 0.3) is 0 Å². The number of hydrogen-bond acceptors (Lipinski definition) is 2. The molecule has 0 aliphatic heterocycles. The molecule has 0 spiro atoms. The number of furan rings is 1. The van der Waals surface area contributed by atoms with Gasteiger partial charge in [-0.05, 0) is 69.9 Å². The smallest absolute Gasteiger partial charge is 0.105 e. The van der Waals surface area contributed by atoms with Gasteiger partial charge in [0.15, 0.2) is 0 Å². The molecule has 2 nitrogen and oxygen atoms in total. The predicted molar refractivity (Wildman–Crippen MR) is 84.9 cm³/mol. The first-order chi connectivity index (χ1) is 9.51. The zero-order chi connectivity index (χ0) is 14.7. The minimum Gasteiger partial charge on any atom is -0.466 e. The van der Waals surface area contributed by atoms with Crippen LogP contribution in [0.2, 0.25) is 0 Å². The molecule has 0 radical (unpaired) electrons. The van der Waals surface area contributed by atoms with Crippen LogP contribution in [0, 0.1) is 31.6 Å². The third kappa shape index (κ3) is 3.66. The maximum atomic E-state index is 5.78. The van der Waals surface area contributed by atoms with Crippen molar-refractivity contribution in [1.82, 2.24) is 5.32 Å². The molecule has 0 bridgehead atoms. The van der Waals surface area contributed by atoms with Gasteiger partial charge in [-0.15, -0.1) is 0 Å². The van der Waals surface area contributed by atoms with Crippen molar-refractivity contribution in [3.05, 3.63) is 23.2 Å². The van der Waals surface area contributed by atoms with Crippen LogP contribution in [0.3, 0.4) is 0 Å². The van der Waals surface area contributed by atoms with Crippen molar-refractivity contribution in [1.29, 1.82) is 0 Å². The van der Waals surface area contributed by atoms with Gasteiger partial charge in [-0.1, -0.05) is 20.8 Å². The van der Waals surface area contributed by atoms with E-state index in [0.29, 0.717) is 6.04 Å². The van der Waals surface area contributed by atoms with Gasteiger partial charge in [0.25, 0.3) is 0 Å². The van der Waals surface area contributed by atoms with E-state index in [2.05, 4.69) is 46.0 Å². The SMILES string of the molecule is CCCNC(c1cc(C)oc1C)C1CC(C)CC(C)C1. The molecule has 3 atom stereocenters. The number of nitrogens with one attached hydrogen (secondary N) is 1. The Labute approximate surface area is 124 Å². The van der Waals surface area contributed by atoms with Gasteiger partial charge in [0.2, 0.25) is 0 Å². The summed E-state index contributed by atoms with van der Waals surface area (Å²) in [4.78, 5) is 0. The highest BCUT2D eigenvalue weighted by atomic mass is 16.3. The highest BCUT2D eigenvalue weighted by Crippen LogP contribution is 2.41. The van der Waals surface area contributed by atoms with Gasteiger partial charge in [-0.2, -0.15) is 0 Å². The Morgan fingerprint density at radius 3 is 2.35 bits per heavy atom. The molecule has 1 aromatic heterocycles. The van der Waals surface area contributed by atoms with Crippen molar-refractivity contribution in [2.45, 2.75) is 66.3 Å². The summed E-state index contributed by atoms with van der Waals surface area (Å²) in [5.41, 5.74) is 1.39. The first kappa shape index (κ1) is 15.6. The van der Waals surface area contributed by atoms with Crippen LogP contribution in [-0.2, 0) is 0 Å². The fourth-order valence-electron chi connectivity index (χ4n) is 4.07. The number of rotatable bonds is 5. The summed E-state index contributed by atoms with van der Waals surface area (Å²) < 4.78 is 5.78. The van der Waals surface area contributed by atoms with Crippen molar-refractivity contribution in [3.8, 4) is 0 Å². The predicted octanol–water partition coefficient (Wildman–Crippen LogP) is 5.01. The molecular weight excluding hydrogens is 246 g/mol. The minimum absolute atomic E-state index is 0.470. The van der Waals surface area contributed by atoms with E-state index in [-0.39, 0.29) is 0 Å². The first-order valence-corrected chi connectivity index (χ1v) is 8.31. The molecule has 1 N–H and O–H groups in total. The molecule has 0 saturated heterocycles. The average molecular weight is 277 g/mol. The molecule has 1 fully saturated rings. The molecule has 1 aliphatic rings. The monoisotopic (exact) mass is 277 g/mol. The van der Waals surface area contributed by atoms with Crippen LogP contribution >= 0.6 is 0 Å². The number of aryl methyl sites for hydroxylation is 2. The van der Waals surface area contributed by atoms with Crippen LogP contribution in [0.1, 0.15) is 69.6 Å². The molecule has 2 rings (SSSR count).